The van der Waals surface area contributed by atoms with Crippen molar-refractivity contribution in [1.82, 2.24) is 25.0 Å². The number of pyridine rings is 1. The number of imide groups is 1. The fourth-order valence-electron chi connectivity index (χ4n) is 3.96. The molecule has 2 aromatic rings. The molecule has 2 fully saturated rings. The molecule has 2 aromatic heterocycles. The van der Waals surface area contributed by atoms with Gasteiger partial charge in [-0.2, -0.15) is 0 Å². The van der Waals surface area contributed by atoms with Gasteiger partial charge in [-0.15, -0.1) is 0 Å². The van der Waals surface area contributed by atoms with Gasteiger partial charge in [0, 0.05) is 51.5 Å². The van der Waals surface area contributed by atoms with Crippen molar-refractivity contribution in [2.75, 3.05) is 32.7 Å². The Bertz CT molecular complexity index is 894. The predicted octanol–water partition coefficient (Wildman–Crippen LogP) is 1.26. The molecule has 9 nitrogen and oxygen atoms in total. The maximum atomic E-state index is 12.6. The zero-order valence-electron chi connectivity index (χ0n) is 17.4. The highest BCUT2D eigenvalue weighted by molar-refractivity contribution is 6.04. The summed E-state index contributed by atoms with van der Waals surface area (Å²) >= 11 is 0. The van der Waals surface area contributed by atoms with Crippen molar-refractivity contribution in [2.45, 2.75) is 31.8 Å². The summed E-state index contributed by atoms with van der Waals surface area (Å²) in [5.41, 5.74) is 1.26. The van der Waals surface area contributed by atoms with Gasteiger partial charge in [-0.25, -0.2) is 4.79 Å². The van der Waals surface area contributed by atoms with Crippen LogP contribution < -0.4 is 5.32 Å². The molecule has 1 unspecified atom stereocenters. The lowest BCUT2D eigenvalue weighted by Crippen LogP contribution is -2.49. The molecule has 164 valence electrons. The molecule has 0 bridgehead atoms. The molecule has 4 rings (SSSR count). The molecule has 0 aromatic carbocycles. The van der Waals surface area contributed by atoms with Crippen LogP contribution in [0.25, 0.3) is 0 Å². The van der Waals surface area contributed by atoms with Crippen molar-refractivity contribution in [3.8, 4) is 0 Å². The second-order valence-corrected chi connectivity index (χ2v) is 7.87. The van der Waals surface area contributed by atoms with Gasteiger partial charge in [0.1, 0.15) is 11.8 Å². The van der Waals surface area contributed by atoms with Crippen LogP contribution in [0.15, 0.2) is 47.3 Å². The Kier molecular flexibility index (Phi) is 6.61. The van der Waals surface area contributed by atoms with E-state index in [4.69, 9.17) is 4.42 Å². The van der Waals surface area contributed by atoms with E-state index < -0.39 is 12.1 Å². The number of nitrogens with zero attached hydrogens (tertiary/aromatic N) is 4. The van der Waals surface area contributed by atoms with E-state index in [2.05, 4.69) is 15.2 Å². The average molecular weight is 425 g/mol. The van der Waals surface area contributed by atoms with Crippen LogP contribution in [0.2, 0.25) is 0 Å². The summed E-state index contributed by atoms with van der Waals surface area (Å²) in [6, 6.07) is 6.38. The first-order valence-electron chi connectivity index (χ1n) is 10.6. The molecule has 0 saturated carbocycles. The van der Waals surface area contributed by atoms with E-state index in [0.29, 0.717) is 25.3 Å². The molecule has 1 N–H and O–H groups in total. The molecule has 0 aliphatic carbocycles. The van der Waals surface area contributed by atoms with E-state index in [1.165, 1.54) is 11.8 Å². The zero-order chi connectivity index (χ0) is 21.6. The van der Waals surface area contributed by atoms with Crippen molar-refractivity contribution in [1.29, 1.82) is 0 Å². The Morgan fingerprint density at radius 2 is 1.90 bits per heavy atom. The molecule has 2 aliphatic rings. The van der Waals surface area contributed by atoms with Crippen molar-refractivity contribution in [3.05, 3.63) is 54.2 Å². The molecule has 9 heteroatoms. The number of furan rings is 1. The Morgan fingerprint density at radius 1 is 1.13 bits per heavy atom. The monoisotopic (exact) mass is 425 g/mol. The highest BCUT2D eigenvalue weighted by Gasteiger charge is 2.38. The van der Waals surface area contributed by atoms with Gasteiger partial charge in [-0.3, -0.25) is 24.4 Å². The fourth-order valence-corrected chi connectivity index (χ4v) is 3.96. The van der Waals surface area contributed by atoms with Gasteiger partial charge in [-0.05, 0) is 42.7 Å². The van der Waals surface area contributed by atoms with E-state index in [9.17, 15) is 14.4 Å². The van der Waals surface area contributed by atoms with Crippen LogP contribution in [0.5, 0.6) is 0 Å². The van der Waals surface area contributed by atoms with E-state index in [1.807, 2.05) is 17.0 Å². The van der Waals surface area contributed by atoms with Crippen LogP contribution in [0.1, 0.15) is 24.2 Å². The van der Waals surface area contributed by atoms with E-state index in [1.54, 1.807) is 24.5 Å². The summed E-state index contributed by atoms with van der Waals surface area (Å²) in [6.07, 6.45) is 6.62. The molecule has 2 saturated heterocycles. The number of nitrogens with one attached hydrogen (secondary N) is 1. The van der Waals surface area contributed by atoms with Crippen LogP contribution in [0.3, 0.4) is 0 Å². The number of amides is 4. The number of rotatable bonds is 8. The standard InChI is InChI=1S/C22H27N5O4/c28-20(26-13-11-25(12-14-26)10-7-17-5-8-23-9-6-17)4-3-19-21(29)27(22(30)24-19)16-18-2-1-15-31-18/h1-2,5-6,8-9,15,19H,3-4,7,10-14,16H2,(H,24,30). The van der Waals surface area contributed by atoms with Crippen LogP contribution >= 0.6 is 0 Å². The largest absolute Gasteiger partial charge is 0.467 e. The minimum Gasteiger partial charge on any atom is -0.467 e. The molecule has 4 heterocycles. The fraction of sp³-hybridized carbons (Fsp3) is 0.455. The Morgan fingerprint density at radius 3 is 2.61 bits per heavy atom. The quantitative estimate of drug-likeness (QED) is 0.640. The lowest BCUT2D eigenvalue weighted by Gasteiger charge is -2.35. The molecule has 1 atom stereocenters. The summed E-state index contributed by atoms with van der Waals surface area (Å²) in [6.45, 7) is 4.11. The van der Waals surface area contributed by atoms with Gasteiger partial charge < -0.3 is 14.6 Å². The number of carbonyl (C=O) groups excluding carboxylic acids is 3. The summed E-state index contributed by atoms with van der Waals surface area (Å²) in [7, 11) is 0. The Labute approximate surface area is 181 Å². The normalized spacial score (nSPS) is 19.7. The van der Waals surface area contributed by atoms with E-state index >= 15 is 0 Å². The SMILES string of the molecule is O=C(CCC1NC(=O)N(Cc2ccco2)C1=O)N1CCN(CCc2ccncc2)CC1. The topological polar surface area (TPSA) is 99.0 Å². The number of hydrogen-bond acceptors (Lipinski definition) is 6. The van der Waals surface area contributed by atoms with Gasteiger partial charge >= 0.3 is 6.03 Å². The summed E-state index contributed by atoms with van der Waals surface area (Å²) in [5.74, 6) is 0.262. The first kappa shape index (κ1) is 21.0. The Hall–Kier alpha value is -3.20. The molecule has 2 aliphatic heterocycles. The molecular formula is C22H27N5O4. The molecular weight excluding hydrogens is 398 g/mol. The van der Waals surface area contributed by atoms with Crippen molar-refractivity contribution in [2.24, 2.45) is 0 Å². The summed E-state index contributed by atoms with van der Waals surface area (Å²) in [5, 5.41) is 2.68. The highest BCUT2D eigenvalue weighted by Crippen LogP contribution is 2.16. The number of aromatic nitrogens is 1. The molecule has 31 heavy (non-hydrogen) atoms. The van der Waals surface area contributed by atoms with Gasteiger partial charge in [0.15, 0.2) is 0 Å². The van der Waals surface area contributed by atoms with E-state index in [0.717, 1.165) is 31.0 Å². The van der Waals surface area contributed by atoms with E-state index in [-0.39, 0.29) is 24.8 Å². The highest BCUT2D eigenvalue weighted by atomic mass is 16.3. The molecule has 0 radical (unpaired) electrons. The van der Waals surface area contributed by atoms with Crippen LogP contribution in [-0.2, 0) is 22.6 Å². The number of urea groups is 1. The third-order valence-electron chi connectivity index (χ3n) is 5.84. The first-order valence-corrected chi connectivity index (χ1v) is 10.6. The number of carbonyl (C=O) groups is 3. The predicted molar refractivity (Wildman–Crippen MR) is 112 cm³/mol. The van der Waals surface area contributed by atoms with Crippen molar-refractivity contribution < 1.29 is 18.8 Å². The maximum Gasteiger partial charge on any atom is 0.325 e. The second kappa shape index (κ2) is 9.74. The van der Waals surface area contributed by atoms with Gasteiger partial charge in [0.2, 0.25) is 5.91 Å². The molecule has 0 spiro atoms. The van der Waals surface area contributed by atoms with Gasteiger partial charge in [-0.1, -0.05) is 0 Å². The summed E-state index contributed by atoms with van der Waals surface area (Å²) < 4.78 is 5.21. The van der Waals surface area contributed by atoms with Crippen LogP contribution in [-0.4, -0.2) is 76.3 Å². The second-order valence-electron chi connectivity index (χ2n) is 7.87. The maximum absolute atomic E-state index is 12.6. The van der Waals surface area contributed by atoms with Gasteiger partial charge in [0.05, 0.1) is 12.8 Å². The molecule has 4 amide bonds. The third kappa shape index (κ3) is 5.29. The lowest BCUT2D eigenvalue weighted by atomic mass is 10.1. The van der Waals surface area contributed by atoms with Crippen LogP contribution in [0.4, 0.5) is 4.79 Å². The third-order valence-corrected chi connectivity index (χ3v) is 5.84. The number of piperazine rings is 1. The lowest BCUT2D eigenvalue weighted by molar-refractivity contribution is -0.133. The average Bonchev–Trinajstić information content (AvgIpc) is 3.41. The van der Waals surface area contributed by atoms with Crippen molar-refractivity contribution >= 4 is 17.8 Å². The minimum atomic E-state index is -0.659. The minimum absolute atomic E-state index is 0.0281. The number of hydrogen-bond donors (Lipinski definition) is 1. The zero-order valence-corrected chi connectivity index (χ0v) is 17.4. The summed E-state index contributed by atoms with van der Waals surface area (Å²) in [4.78, 5) is 46.6. The Balaban J connectivity index is 1.18. The van der Waals surface area contributed by atoms with Crippen molar-refractivity contribution in [3.63, 3.8) is 0 Å². The smallest absolute Gasteiger partial charge is 0.325 e. The first-order chi connectivity index (χ1) is 15.1. The van der Waals surface area contributed by atoms with Gasteiger partial charge in [0.25, 0.3) is 5.91 Å². The van der Waals surface area contributed by atoms with Crippen LogP contribution in [0, 0.1) is 0 Å².